The van der Waals surface area contributed by atoms with E-state index in [1.165, 1.54) is 0 Å². The molecule has 1 aliphatic rings. The highest BCUT2D eigenvalue weighted by atomic mass is 16.2. The Hall–Kier alpha value is -3.36. The fourth-order valence-electron chi connectivity index (χ4n) is 3.54. The van der Waals surface area contributed by atoms with Gasteiger partial charge in [-0.3, -0.25) is 25.0 Å². The standard InChI is InChI=1S/C19H22N6O3/c26-17(10-13-11-20-15-7-4-3-6-14(13)15)21-22-18(27)12-25-19(28)24-9-5-1-2-8-16(24)23-25/h3-4,6-7,11,20H,1-2,5,8-10,12H2,(H,21,26)(H,22,27). The zero-order valence-corrected chi connectivity index (χ0v) is 15.4. The smallest absolute Gasteiger partial charge is 0.346 e. The number of hydrogen-bond acceptors (Lipinski definition) is 4. The summed E-state index contributed by atoms with van der Waals surface area (Å²) in [5.74, 6) is -0.118. The van der Waals surface area contributed by atoms with E-state index < -0.39 is 5.91 Å². The Kier molecular flexibility index (Phi) is 4.96. The van der Waals surface area contributed by atoms with Crippen LogP contribution in [0, 0.1) is 0 Å². The molecule has 146 valence electrons. The highest BCUT2D eigenvalue weighted by Gasteiger charge is 2.17. The summed E-state index contributed by atoms with van der Waals surface area (Å²) in [6, 6.07) is 7.69. The maximum absolute atomic E-state index is 12.4. The van der Waals surface area contributed by atoms with E-state index in [0.29, 0.717) is 6.54 Å². The SMILES string of the molecule is O=C(Cc1c[nH]c2ccccc12)NNC(=O)Cn1nc2n(c1=O)CCCCC2. The van der Waals surface area contributed by atoms with Gasteiger partial charge in [0, 0.05) is 30.1 Å². The van der Waals surface area contributed by atoms with Crippen molar-refractivity contribution in [3.8, 4) is 0 Å². The third-order valence-corrected chi connectivity index (χ3v) is 4.94. The van der Waals surface area contributed by atoms with Gasteiger partial charge in [-0.1, -0.05) is 24.6 Å². The van der Waals surface area contributed by atoms with Crippen molar-refractivity contribution < 1.29 is 9.59 Å². The number of aromatic amines is 1. The van der Waals surface area contributed by atoms with Crippen LogP contribution in [0.3, 0.4) is 0 Å². The maximum Gasteiger partial charge on any atom is 0.346 e. The van der Waals surface area contributed by atoms with Crippen LogP contribution in [-0.2, 0) is 35.5 Å². The van der Waals surface area contributed by atoms with Crippen LogP contribution in [0.2, 0.25) is 0 Å². The van der Waals surface area contributed by atoms with Crippen molar-refractivity contribution >= 4 is 22.7 Å². The summed E-state index contributed by atoms with van der Waals surface area (Å²) < 4.78 is 2.79. The first-order chi connectivity index (χ1) is 13.6. The third kappa shape index (κ3) is 3.68. The number of rotatable bonds is 4. The monoisotopic (exact) mass is 382 g/mol. The molecule has 0 atom stereocenters. The van der Waals surface area contributed by atoms with Gasteiger partial charge in [0.05, 0.1) is 6.42 Å². The van der Waals surface area contributed by atoms with Gasteiger partial charge in [0.2, 0.25) is 5.91 Å². The van der Waals surface area contributed by atoms with E-state index in [0.717, 1.165) is 52.7 Å². The number of nitrogens with one attached hydrogen (secondary N) is 3. The Morgan fingerprint density at radius 1 is 1.11 bits per heavy atom. The molecule has 0 spiro atoms. The number of fused-ring (bicyclic) bond motifs is 2. The Labute approximate surface area is 160 Å². The number of aromatic nitrogens is 4. The second-order valence-corrected chi connectivity index (χ2v) is 6.95. The number of para-hydroxylation sites is 1. The minimum absolute atomic E-state index is 0.128. The molecule has 3 heterocycles. The molecule has 0 aliphatic carbocycles. The molecule has 0 bridgehead atoms. The molecule has 0 saturated carbocycles. The van der Waals surface area contributed by atoms with E-state index in [4.69, 9.17) is 0 Å². The number of carbonyl (C=O) groups excluding carboxylic acids is 2. The first-order valence-electron chi connectivity index (χ1n) is 9.41. The minimum Gasteiger partial charge on any atom is -0.361 e. The summed E-state index contributed by atoms with van der Waals surface area (Å²) in [5.41, 5.74) is 6.26. The van der Waals surface area contributed by atoms with Gasteiger partial charge in [-0.05, 0) is 24.5 Å². The predicted octanol–water partition coefficient (Wildman–Crippen LogP) is 0.643. The molecule has 28 heavy (non-hydrogen) atoms. The number of aryl methyl sites for hydroxylation is 1. The number of hydrazine groups is 1. The summed E-state index contributed by atoms with van der Waals surface area (Å²) in [7, 11) is 0. The first-order valence-corrected chi connectivity index (χ1v) is 9.41. The Morgan fingerprint density at radius 3 is 2.82 bits per heavy atom. The number of H-pyrrole nitrogens is 1. The van der Waals surface area contributed by atoms with Crippen LogP contribution in [0.1, 0.15) is 30.7 Å². The summed E-state index contributed by atoms with van der Waals surface area (Å²) in [6.45, 7) is 0.406. The average molecular weight is 382 g/mol. The maximum atomic E-state index is 12.4. The van der Waals surface area contributed by atoms with Gasteiger partial charge in [0.1, 0.15) is 12.4 Å². The van der Waals surface area contributed by atoms with E-state index in [1.54, 1.807) is 10.8 Å². The molecule has 0 saturated heterocycles. The molecular weight excluding hydrogens is 360 g/mol. The summed E-state index contributed by atoms with van der Waals surface area (Å²) in [5, 5.41) is 5.23. The largest absolute Gasteiger partial charge is 0.361 e. The lowest BCUT2D eigenvalue weighted by Gasteiger charge is -2.07. The van der Waals surface area contributed by atoms with Gasteiger partial charge < -0.3 is 4.98 Å². The second kappa shape index (κ2) is 7.71. The van der Waals surface area contributed by atoms with Crippen LogP contribution in [-0.4, -0.2) is 31.1 Å². The molecule has 4 rings (SSSR count). The van der Waals surface area contributed by atoms with Crippen molar-refractivity contribution in [1.29, 1.82) is 0 Å². The Bertz CT molecular complexity index is 1080. The van der Waals surface area contributed by atoms with Gasteiger partial charge in [-0.2, -0.15) is 5.10 Å². The minimum atomic E-state index is -0.498. The fraction of sp³-hybridized carbons (Fsp3) is 0.368. The van der Waals surface area contributed by atoms with Crippen LogP contribution in [0.25, 0.3) is 10.9 Å². The Morgan fingerprint density at radius 2 is 1.93 bits per heavy atom. The number of nitrogens with zero attached hydrogens (tertiary/aromatic N) is 3. The van der Waals surface area contributed by atoms with Crippen LogP contribution in [0.5, 0.6) is 0 Å². The molecule has 0 fully saturated rings. The van der Waals surface area contributed by atoms with Crippen molar-refractivity contribution in [2.24, 2.45) is 0 Å². The number of benzene rings is 1. The third-order valence-electron chi connectivity index (χ3n) is 4.94. The highest BCUT2D eigenvalue weighted by Crippen LogP contribution is 2.17. The summed E-state index contributed by atoms with van der Waals surface area (Å²) >= 11 is 0. The van der Waals surface area contributed by atoms with E-state index in [2.05, 4.69) is 20.9 Å². The molecular formula is C19H22N6O3. The highest BCUT2D eigenvalue weighted by molar-refractivity contribution is 5.89. The van der Waals surface area contributed by atoms with Crippen molar-refractivity contribution in [3.05, 3.63) is 52.3 Å². The molecule has 3 N–H and O–H groups in total. The summed E-state index contributed by atoms with van der Waals surface area (Å²) in [6.07, 6.45) is 5.66. The van der Waals surface area contributed by atoms with E-state index in [9.17, 15) is 14.4 Å². The van der Waals surface area contributed by atoms with Gasteiger partial charge >= 0.3 is 5.69 Å². The van der Waals surface area contributed by atoms with Crippen LogP contribution < -0.4 is 16.5 Å². The van der Waals surface area contributed by atoms with E-state index in [1.807, 2.05) is 24.3 Å². The van der Waals surface area contributed by atoms with Gasteiger partial charge in [0.25, 0.3) is 5.91 Å². The van der Waals surface area contributed by atoms with Crippen LogP contribution in [0.15, 0.2) is 35.3 Å². The van der Waals surface area contributed by atoms with Crippen molar-refractivity contribution in [2.45, 2.75) is 45.2 Å². The fourth-order valence-corrected chi connectivity index (χ4v) is 3.54. The molecule has 3 aromatic rings. The van der Waals surface area contributed by atoms with Gasteiger partial charge in [0.15, 0.2) is 0 Å². The summed E-state index contributed by atoms with van der Waals surface area (Å²) in [4.78, 5) is 39.7. The average Bonchev–Trinajstić information content (AvgIpc) is 3.12. The zero-order valence-electron chi connectivity index (χ0n) is 15.4. The predicted molar refractivity (Wildman–Crippen MR) is 102 cm³/mol. The van der Waals surface area contributed by atoms with E-state index >= 15 is 0 Å². The molecule has 0 radical (unpaired) electrons. The van der Waals surface area contributed by atoms with Gasteiger partial charge in [-0.15, -0.1) is 0 Å². The molecule has 1 aromatic carbocycles. The molecule has 2 amide bonds. The normalized spacial score (nSPS) is 13.7. The number of amides is 2. The van der Waals surface area contributed by atoms with E-state index in [-0.39, 0.29) is 24.6 Å². The first kappa shape index (κ1) is 18.0. The topological polar surface area (TPSA) is 114 Å². The second-order valence-electron chi connectivity index (χ2n) is 6.95. The van der Waals surface area contributed by atoms with Crippen molar-refractivity contribution in [3.63, 3.8) is 0 Å². The van der Waals surface area contributed by atoms with Gasteiger partial charge in [-0.25, -0.2) is 9.48 Å². The van der Waals surface area contributed by atoms with Crippen LogP contribution >= 0.6 is 0 Å². The number of hydrogen-bond donors (Lipinski definition) is 3. The zero-order chi connectivity index (χ0) is 19.5. The molecule has 0 unspecified atom stereocenters. The molecule has 9 heteroatoms. The molecule has 1 aliphatic heterocycles. The van der Waals surface area contributed by atoms with Crippen molar-refractivity contribution in [2.75, 3.05) is 0 Å². The quantitative estimate of drug-likeness (QED) is 0.575. The lowest BCUT2D eigenvalue weighted by atomic mass is 10.1. The Balaban J connectivity index is 1.33. The lowest BCUT2D eigenvalue weighted by molar-refractivity contribution is -0.129. The lowest BCUT2D eigenvalue weighted by Crippen LogP contribution is -2.45. The van der Waals surface area contributed by atoms with Crippen molar-refractivity contribution in [1.82, 2.24) is 30.2 Å². The molecule has 9 nitrogen and oxygen atoms in total. The van der Waals surface area contributed by atoms with Crippen LogP contribution in [0.4, 0.5) is 0 Å². The number of carbonyl (C=O) groups is 2. The molecule has 2 aromatic heterocycles.